The molecule has 0 aliphatic carbocycles. The Labute approximate surface area is 110 Å². The Balaban J connectivity index is 2.52. The fourth-order valence-corrected chi connectivity index (χ4v) is 2.36. The van der Waals surface area contributed by atoms with E-state index in [4.69, 9.17) is 16.3 Å². The van der Waals surface area contributed by atoms with Gasteiger partial charge in [-0.1, -0.05) is 31.5 Å². The molecule has 18 heavy (non-hydrogen) atoms. The van der Waals surface area contributed by atoms with Crippen LogP contribution in [0.5, 0.6) is 0 Å². The number of cyclic esters (lactones) is 1. The minimum atomic E-state index is -0.545. The zero-order valence-electron chi connectivity index (χ0n) is 10.5. The summed E-state index contributed by atoms with van der Waals surface area (Å²) in [7, 11) is 0. The molecule has 1 N–H and O–H groups in total. The highest BCUT2D eigenvalue weighted by Crippen LogP contribution is 2.41. The molecule has 0 saturated carbocycles. The summed E-state index contributed by atoms with van der Waals surface area (Å²) >= 11 is 6.17. The first kappa shape index (κ1) is 13.1. The van der Waals surface area contributed by atoms with Gasteiger partial charge in [-0.05, 0) is 18.6 Å². The normalized spacial score (nSPS) is 22.3. The zero-order valence-corrected chi connectivity index (χ0v) is 11.3. The van der Waals surface area contributed by atoms with Crippen molar-refractivity contribution < 1.29 is 13.9 Å². The fraction of sp³-hybridized carbons (Fsp3) is 0.462. The van der Waals surface area contributed by atoms with Crippen molar-refractivity contribution in [2.75, 3.05) is 6.61 Å². The number of hydrogen-bond acceptors (Lipinski definition) is 2. The molecule has 2 rings (SSSR count). The van der Waals surface area contributed by atoms with Gasteiger partial charge < -0.3 is 10.1 Å². The number of hydrogen-bond donors (Lipinski definition) is 1. The summed E-state index contributed by atoms with van der Waals surface area (Å²) in [6.07, 6.45) is -0.545. The van der Waals surface area contributed by atoms with Crippen LogP contribution in [0.25, 0.3) is 0 Å². The average molecular weight is 272 g/mol. The average Bonchev–Trinajstić information content (AvgIpc) is 2.29. The lowest BCUT2D eigenvalue weighted by Crippen LogP contribution is -2.47. The summed E-state index contributed by atoms with van der Waals surface area (Å²) in [4.78, 5) is 11.3. The van der Waals surface area contributed by atoms with Gasteiger partial charge in [-0.2, -0.15) is 0 Å². The molecular weight excluding hydrogens is 257 g/mol. The Morgan fingerprint density at radius 1 is 1.50 bits per heavy atom. The van der Waals surface area contributed by atoms with Gasteiger partial charge in [0.1, 0.15) is 12.4 Å². The first-order chi connectivity index (χ1) is 8.33. The second kappa shape index (κ2) is 4.43. The standard InChI is InChI=1S/C13H15ClFNO2/c1-7-4-5-8(15)9(10(7)14)11-13(2,3)6-18-12(17)16-11/h4-5,11H,6H2,1-3H3,(H,16,17)/t11-/m0/s1. The minimum Gasteiger partial charge on any atom is -0.449 e. The summed E-state index contributed by atoms with van der Waals surface area (Å²) < 4.78 is 18.9. The largest absolute Gasteiger partial charge is 0.449 e. The number of alkyl carbamates (subject to hydrolysis) is 1. The number of aryl methyl sites for hydroxylation is 1. The van der Waals surface area contributed by atoms with Crippen molar-refractivity contribution in [2.24, 2.45) is 5.41 Å². The van der Waals surface area contributed by atoms with Crippen molar-refractivity contribution in [1.29, 1.82) is 0 Å². The first-order valence-corrected chi connectivity index (χ1v) is 6.08. The molecule has 1 saturated heterocycles. The Bertz CT molecular complexity index is 502. The lowest BCUT2D eigenvalue weighted by Gasteiger charge is -2.39. The lowest BCUT2D eigenvalue weighted by atomic mass is 9.80. The van der Waals surface area contributed by atoms with Gasteiger partial charge in [0.15, 0.2) is 0 Å². The number of amides is 1. The summed E-state index contributed by atoms with van der Waals surface area (Å²) in [6, 6.07) is 2.50. The molecule has 1 aliphatic rings. The van der Waals surface area contributed by atoms with E-state index in [1.807, 2.05) is 13.8 Å². The van der Waals surface area contributed by atoms with Gasteiger partial charge in [0.25, 0.3) is 0 Å². The van der Waals surface area contributed by atoms with Crippen molar-refractivity contribution in [3.63, 3.8) is 0 Å². The van der Waals surface area contributed by atoms with Gasteiger partial charge in [-0.3, -0.25) is 0 Å². The van der Waals surface area contributed by atoms with Crippen LogP contribution in [0, 0.1) is 18.2 Å². The third kappa shape index (κ3) is 2.17. The quantitative estimate of drug-likeness (QED) is 0.848. The van der Waals surface area contributed by atoms with Gasteiger partial charge in [0.05, 0.1) is 11.1 Å². The molecule has 1 atom stereocenters. The molecule has 3 nitrogen and oxygen atoms in total. The van der Waals surface area contributed by atoms with Gasteiger partial charge in [-0.25, -0.2) is 9.18 Å². The monoisotopic (exact) mass is 271 g/mol. The molecule has 0 aromatic heterocycles. The predicted octanol–water partition coefficient (Wildman–Crippen LogP) is 3.59. The molecule has 1 heterocycles. The minimum absolute atomic E-state index is 0.229. The molecule has 0 bridgehead atoms. The number of carbonyl (C=O) groups is 1. The fourth-order valence-electron chi connectivity index (χ4n) is 2.10. The van der Waals surface area contributed by atoms with Crippen LogP contribution >= 0.6 is 11.6 Å². The number of nitrogens with one attached hydrogen (secondary N) is 1. The number of halogens is 2. The van der Waals surface area contributed by atoms with Crippen LogP contribution in [-0.4, -0.2) is 12.7 Å². The zero-order chi connectivity index (χ0) is 13.5. The lowest BCUT2D eigenvalue weighted by molar-refractivity contribution is 0.0378. The summed E-state index contributed by atoms with van der Waals surface area (Å²) in [5, 5.41) is 3.00. The highest BCUT2D eigenvalue weighted by molar-refractivity contribution is 6.32. The molecular formula is C13H15ClFNO2. The molecule has 0 unspecified atom stereocenters. The van der Waals surface area contributed by atoms with Crippen LogP contribution < -0.4 is 5.32 Å². The Morgan fingerprint density at radius 3 is 2.83 bits per heavy atom. The van der Waals surface area contributed by atoms with E-state index in [-0.39, 0.29) is 6.61 Å². The SMILES string of the molecule is Cc1ccc(F)c([C@@H]2NC(=O)OCC2(C)C)c1Cl. The highest BCUT2D eigenvalue weighted by atomic mass is 35.5. The van der Waals surface area contributed by atoms with E-state index in [0.29, 0.717) is 10.6 Å². The van der Waals surface area contributed by atoms with Crippen molar-refractivity contribution in [3.05, 3.63) is 34.1 Å². The molecule has 5 heteroatoms. The first-order valence-electron chi connectivity index (χ1n) is 5.71. The van der Waals surface area contributed by atoms with Crippen molar-refractivity contribution in [1.82, 2.24) is 5.32 Å². The van der Waals surface area contributed by atoms with E-state index in [1.54, 1.807) is 13.0 Å². The Kier molecular flexibility index (Phi) is 3.23. The number of ether oxygens (including phenoxy) is 1. The number of carbonyl (C=O) groups excluding carboxylic acids is 1. The summed E-state index contributed by atoms with van der Waals surface area (Å²) in [5.74, 6) is -0.411. The van der Waals surface area contributed by atoms with Crippen LogP contribution in [0.4, 0.5) is 9.18 Å². The molecule has 98 valence electrons. The summed E-state index contributed by atoms with van der Waals surface area (Å²) in [6.45, 7) is 5.83. The molecule has 0 spiro atoms. The van der Waals surface area contributed by atoms with E-state index < -0.39 is 23.4 Å². The van der Waals surface area contributed by atoms with Crippen molar-refractivity contribution in [2.45, 2.75) is 26.8 Å². The molecule has 1 fully saturated rings. The maximum Gasteiger partial charge on any atom is 0.407 e. The van der Waals surface area contributed by atoms with Crippen LogP contribution in [-0.2, 0) is 4.74 Å². The summed E-state index contributed by atoms with van der Waals surface area (Å²) in [5.41, 5.74) is 0.689. The van der Waals surface area contributed by atoms with Crippen LogP contribution in [0.15, 0.2) is 12.1 Å². The Morgan fingerprint density at radius 2 is 2.17 bits per heavy atom. The predicted molar refractivity (Wildman–Crippen MR) is 67.2 cm³/mol. The van der Waals surface area contributed by atoms with Crippen LogP contribution in [0.1, 0.15) is 31.0 Å². The van der Waals surface area contributed by atoms with Gasteiger partial charge in [-0.15, -0.1) is 0 Å². The van der Waals surface area contributed by atoms with Crippen molar-refractivity contribution in [3.8, 4) is 0 Å². The van der Waals surface area contributed by atoms with Gasteiger partial charge in [0.2, 0.25) is 0 Å². The maximum absolute atomic E-state index is 14.0. The molecule has 1 aliphatic heterocycles. The smallest absolute Gasteiger partial charge is 0.407 e. The van der Waals surface area contributed by atoms with Crippen LogP contribution in [0.3, 0.4) is 0 Å². The molecule has 1 aromatic rings. The third-order valence-electron chi connectivity index (χ3n) is 3.23. The van der Waals surface area contributed by atoms with E-state index in [9.17, 15) is 9.18 Å². The second-order valence-electron chi connectivity index (χ2n) is 5.23. The highest BCUT2D eigenvalue weighted by Gasteiger charge is 2.40. The number of benzene rings is 1. The molecule has 1 aromatic carbocycles. The Hall–Kier alpha value is -1.29. The van der Waals surface area contributed by atoms with E-state index in [0.717, 1.165) is 5.56 Å². The maximum atomic E-state index is 14.0. The molecule has 0 radical (unpaired) electrons. The molecule has 1 amide bonds. The topological polar surface area (TPSA) is 38.3 Å². The third-order valence-corrected chi connectivity index (χ3v) is 3.73. The van der Waals surface area contributed by atoms with Crippen LogP contribution in [0.2, 0.25) is 5.02 Å². The van der Waals surface area contributed by atoms with E-state index in [1.165, 1.54) is 6.07 Å². The second-order valence-corrected chi connectivity index (χ2v) is 5.61. The van der Waals surface area contributed by atoms with Gasteiger partial charge in [0, 0.05) is 11.0 Å². The van der Waals surface area contributed by atoms with E-state index >= 15 is 0 Å². The van der Waals surface area contributed by atoms with Gasteiger partial charge >= 0.3 is 6.09 Å². The number of rotatable bonds is 1. The van der Waals surface area contributed by atoms with E-state index in [2.05, 4.69) is 5.32 Å². The van der Waals surface area contributed by atoms with Crippen molar-refractivity contribution >= 4 is 17.7 Å².